The summed E-state index contributed by atoms with van der Waals surface area (Å²) in [5, 5.41) is 2.79. The molecule has 0 spiro atoms. The number of nitrogens with one attached hydrogen (secondary N) is 1. The van der Waals surface area contributed by atoms with Gasteiger partial charge in [-0.2, -0.15) is 0 Å². The minimum absolute atomic E-state index is 0.306. The second kappa shape index (κ2) is 9.77. The standard InChI is InChI=1S/C20H24FNO3/c1-15(20(24)22-14-13-16-5-3-2-4-6-16)25-19(23)12-9-17-7-10-18(21)11-8-17/h5,7-12,15H,2-4,6,13-14H2,1H3,(H,22,24)/b12-9+/t15-/m1/s1. The summed E-state index contributed by atoms with van der Waals surface area (Å²) < 4.78 is 17.9. The van der Waals surface area contributed by atoms with Gasteiger partial charge in [-0.1, -0.05) is 23.8 Å². The molecule has 2 rings (SSSR count). The van der Waals surface area contributed by atoms with E-state index in [1.807, 2.05) is 0 Å². The van der Waals surface area contributed by atoms with Crippen molar-refractivity contribution in [3.63, 3.8) is 0 Å². The second-order valence-corrected chi connectivity index (χ2v) is 6.11. The molecule has 25 heavy (non-hydrogen) atoms. The molecule has 1 amide bonds. The van der Waals surface area contributed by atoms with E-state index in [9.17, 15) is 14.0 Å². The lowest BCUT2D eigenvalue weighted by Crippen LogP contribution is -2.36. The predicted octanol–water partition coefficient (Wildman–Crippen LogP) is 3.78. The van der Waals surface area contributed by atoms with Crippen LogP contribution in [0.2, 0.25) is 0 Å². The van der Waals surface area contributed by atoms with E-state index in [4.69, 9.17) is 4.74 Å². The maximum atomic E-state index is 12.8. The highest BCUT2D eigenvalue weighted by atomic mass is 19.1. The fourth-order valence-electron chi connectivity index (χ4n) is 2.63. The first-order chi connectivity index (χ1) is 12.0. The lowest BCUT2D eigenvalue weighted by atomic mass is 9.97. The zero-order valence-corrected chi connectivity index (χ0v) is 14.5. The van der Waals surface area contributed by atoms with E-state index in [0.29, 0.717) is 12.1 Å². The predicted molar refractivity (Wildman–Crippen MR) is 95.2 cm³/mol. The van der Waals surface area contributed by atoms with E-state index in [1.54, 1.807) is 19.1 Å². The van der Waals surface area contributed by atoms with Gasteiger partial charge in [0.2, 0.25) is 0 Å². The number of esters is 1. The van der Waals surface area contributed by atoms with Crippen LogP contribution in [0.15, 0.2) is 42.0 Å². The Morgan fingerprint density at radius 3 is 2.72 bits per heavy atom. The Morgan fingerprint density at radius 1 is 1.28 bits per heavy atom. The number of ether oxygens (including phenoxy) is 1. The van der Waals surface area contributed by atoms with Crippen LogP contribution in [-0.2, 0) is 14.3 Å². The van der Waals surface area contributed by atoms with Gasteiger partial charge in [0.05, 0.1) is 0 Å². The average molecular weight is 345 g/mol. The van der Waals surface area contributed by atoms with E-state index in [1.165, 1.54) is 42.7 Å². The molecule has 0 aliphatic heterocycles. The van der Waals surface area contributed by atoms with Crippen molar-refractivity contribution >= 4 is 18.0 Å². The number of carbonyl (C=O) groups excluding carboxylic acids is 2. The van der Waals surface area contributed by atoms with Crippen LogP contribution in [-0.4, -0.2) is 24.5 Å². The van der Waals surface area contributed by atoms with Crippen LogP contribution in [0.3, 0.4) is 0 Å². The molecule has 1 aromatic rings. The van der Waals surface area contributed by atoms with Gasteiger partial charge in [0.15, 0.2) is 6.10 Å². The lowest BCUT2D eigenvalue weighted by molar-refractivity contribution is -0.150. The van der Waals surface area contributed by atoms with Gasteiger partial charge in [0.1, 0.15) is 5.82 Å². The van der Waals surface area contributed by atoms with Crippen molar-refractivity contribution in [2.75, 3.05) is 6.54 Å². The molecule has 1 aliphatic carbocycles. The number of hydrogen-bond acceptors (Lipinski definition) is 3. The molecule has 1 atom stereocenters. The molecule has 1 N–H and O–H groups in total. The van der Waals surface area contributed by atoms with Gasteiger partial charge in [-0.3, -0.25) is 4.79 Å². The molecule has 0 radical (unpaired) electrons. The molecule has 1 aromatic carbocycles. The third-order valence-corrected chi connectivity index (χ3v) is 4.07. The van der Waals surface area contributed by atoms with Crippen LogP contribution >= 0.6 is 0 Å². The zero-order chi connectivity index (χ0) is 18.1. The van der Waals surface area contributed by atoms with Crippen molar-refractivity contribution < 1.29 is 18.7 Å². The topological polar surface area (TPSA) is 55.4 Å². The van der Waals surface area contributed by atoms with E-state index in [0.717, 1.165) is 19.3 Å². The third-order valence-electron chi connectivity index (χ3n) is 4.07. The molecular weight excluding hydrogens is 321 g/mol. The first-order valence-electron chi connectivity index (χ1n) is 8.64. The fraction of sp³-hybridized carbons (Fsp3) is 0.400. The fourth-order valence-corrected chi connectivity index (χ4v) is 2.63. The van der Waals surface area contributed by atoms with Crippen molar-refractivity contribution in [1.82, 2.24) is 5.32 Å². The Balaban J connectivity index is 1.71. The third kappa shape index (κ3) is 6.91. The average Bonchev–Trinajstić information content (AvgIpc) is 2.62. The smallest absolute Gasteiger partial charge is 0.331 e. The van der Waals surface area contributed by atoms with Gasteiger partial charge in [-0.15, -0.1) is 0 Å². The van der Waals surface area contributed by atoms with Gasteiger partial charge in [-0.25, -0.2) is 9.18 Å². The normalized spacial score (nSPS) is 15.5. The summed E-state index contributed by atoms with van der Waals surface area (Å²) in [6.07, 6.45) is 9.67. The summed E-state index contributed by atoms with van der Waals surface area (Å²) in [6.45, 7) is 2.09. The van der Waals surface area contributed by atoms with Crippen molar-refractivity contribution in [3.05, 3.63) is 53.4 Å². The Hall–Kier alpha value is -2.43. The van der Waals surface area contributed by atoms with Crippen LogP contribution in [0.5, 0.6) is 0 Å². The zero-order valence-electron chi connectivity index (χ0n) is 14.5. The maximum absolute atomic E-state index is 12.8. The minimum Gasteiger partial charge on any atom is -0.449 e. The van der Waals surface area contributed by atoms with Crippen molar-refractivity contribution in [1.29, 1.82) is 0 Å². The Bertz CT molecular complexity index is 649. The van der Waals surface area contributed by atoms with Crippen LogP contribution in [0, 0.1) is 5.82 Å². The summed E-state index contributed by atoms with van der Waals surface area (Å²) in [4.78, 5) is 23.7. The number of amides is 1. The molecular formula is C20H24FNO3. The second-order valence-electron chi connectivity index (χ2n) is 6.11. The largest absolute Gasteiger partial charge is 0.449 e. The molecule has 5 heteroatoms. The van der Waals surface area contributed by atoms with Gasteiger partial charge >= 0.3 is 5.97 Å². The Kier molecular flexibility index (Phi) is 7.38. The summed E-state index contributed by atoms with van der Waals surface area (Å²) in [5.41, 5.74) is 2.06. The summed E-state index contributed by atoms with van der Waals surface area (Å²) in [5.74, 6) is -1.25. The molecule has 134 valence electrons. The van der Waals surface area contributed by atoms with E-state index in [2.05, 4.69) is 11.4 Å². The first kappa shape index (κ1) is 18.9. The SMILES string of the molecule is C[C@@H](OC(=O)/C=C/c1ccc(F)cc1)C(=O)NCCC1=CCCCC1. The minimum atomic E-state index is -0.856. The molecule has 0 saturated carbocycles. The number of halogens is 1. The number of carbonyl (C=O) groups is 2. The number of rotatable bonds is 7. The maximum Gasteiger partial charge on any atom is 0.331 e. The molecule has 0 fully saturated rings. The van der Waals surface area contributed by atoms with Crippen LogP contribution in [0.4, 0.5) is 4.39 Å². The summed E-state index contributed by atoms with van der Waals surface area (Å²) in [6, 6.07) is 5.72. The first-order valence-corrected chi connectivity index (χ1v) is 8.64. The van der Waals surface area contributed by atoms with Crippen LogP contribution < -0.4 is 5.32 Å². The monoisotopic (exact) mass is 345 g/mol. The van der Waals surface area contributed by atoms with Crippen LogP contribution in [0.1, 0.15) is 44.6 Å². The highest BCUT2D eigenvalue weighted by Gasteiger charge is 2.16. The number of allylic oxidation sites excluding steroid dienone is 1. The molecule has 0 heterocycles. The molecule has 4 nitrogen and oxygen atoms in total. The molecule has 0 bridgehead atoms. The van der Waals surface area contributed by atoms with Gasteiger partial charge < -0.3 is 10.1 Å². The van der Waals surface area contributed by atoms with Crippen molar-refractivity contribution in [2.24, 2.45) is 0 Å². The highest BCUT2D eigenvalue weighted by molar-refractivity contribution is 5.90. The highest BCUT2D eigenvalue weighted by Crippen LogP contribution is 2.19. The van der Waals surface area contributed by atoms with Gasteiger partial charge in [0, 0.05) is 12.6 Å². The number of hydrogen-bond donors (Lipinski definition) is 1. The Morgan fingerprint density at radius 2 is 2.04 bits per heavy atom. The summed E-state index contributed by atoms with van der Waals surface area (Å²) >= 11 is 0. The number of benzene rings is 1. The van der Waals surface area contributed by atoms with Crippen molar-refractivity contribution in [3.8, 4) is 0 Å². The Labute approximate surface area is 147 Å². The van der Waals surface area contributed by atoms with E-state index >= 15 is 0 Å². The molecule has 0 unspecified atom stereocenters. The van der Waals surface area contributed by atoms with Gasteiger partial charge in [0.25, 0.3) is 5.91 Å². The van der Waals surface area contributed by atoms with Crippen molar-refractivity contribution in [2.45, 2.75) is 45.1 Å². The summed E-state index contributed by atoms with van der Waals surface area (Å²) in [7, 11) is 0. The van der Waals surface area contributed by atoms with Crippen LogP contribution in [0.25, 0.3) is 6.08 Å². The molecule has 1 aliphatic rings. The lowest BCUT2D eigenvalue weighted by Gasteiger charge is -2.15. The van der Waals surface area contributed by atoms with E-state index in [-0.39, 0.29) is 11.7 Å². The quantitative estimate of drug-likeness (QED) is 0.465. The molecule has 0 aromatic heterocycles. The molecule has 0 saturated heterocycles. The van der Waals surface area contributed by atoms with Gasteiger partial charge in [-0.05, 0) is 62.8 Å². The van der Waals surface area contributed by atoms with E-state index < -0.39 is 12.1 Å².